The summed E-state index contributed by atoms with van der Waals surface area (Å²) in [7, 11) is 0. The van der Waals surface area contributed by atoms with Crippen LogP contribution in [0.5, 0.6) is 0 Å². The highest BCUT2D eigenvalue weighted by atomic mass is 15.2. The van der Waals surface area contributed by atoms with Crippen molar-refractivity contribution in [2.75, 3.05) is 18.0 Å². The second-order valence-electron chi connectivity index (χ2n) is 4.67. The van der Waals surface area contributed by atoms with E-state index in [-0.39, 0.29) is 6.04 Å². The Bertz CT molecular complexity index is 321. The molecule has 0 amide bonds. The Hall–Kier alpha value is -1.09. The maximum atomic E-state index is 5.88. The number of nitrogens with two attached hydrogens (primary N) is 1. The van der Waals surface area contributed by atoms with Gasteiger partial charge in [-0.3, -0.25) is 0 Å². The molecular weight excluding hydrogens is 198 g/mol. The SMILES string of the molecule is CCN(CC(C)C)c1cc([C@H](C)N)ccn1. The molecule has 1 aromatic rings. The third-order valence-electron chi connectivity index (χ3n) is 2.59. The smallest absolute Gasteiger partial charge is 0.128 e. The van der Waals surface area contributed by atoms with Crippen LogP contribution in [0.3, 0.4) is 0 Å². The monoisotopic (exact) mass is 221 g/mol. The first-order valence-electron chi connectivity index (χ1n) is 6.01. The summed E-state index contributed by atoms with van der Waals surface area (Å²) >= 11 is 0. The lowest BCUT2D eigenvalue weighted by atomic mass is 10.1. The topological polar surface area (TPSA) is 42.1 Å². The van der Waals surface area contributed by atoms with Gasteiger partial charge in [0.1, 0.15) is 5.82 Å². The van der Waals surface area contributed by atoms with Crippen LogP contribution in [0.15, 0.2) is 18.3 Å². The van der Waals surface area contributed by atoms with Crippen molar-refractivity contribution in [3.05, 3.63) is 23.9 Å². The Morgan fingerprint density at radius 2 is 2.06 bits per heavy atom. The molecule has 2 N–H and O–H groups in total. The summed E-state index contributed by atoms with van der Waals surface area (Å²) in [6.07, 6.45) is 1.84. The normalized spacial score (nSPS) is 12.9. The molecule has 0 aliphatic rings. The van der Waals surface area contributed by atoms with E-state index in [2.05, 4.69) is 36.7 Å². The molecule has 0 saturated carbocycles. The van der Waals surface area contributed by atoms with Crippen LogP contribution in [-0.2, 0) is 0 Å². The van der Waals surface area contributed by atoms with E-state index in [1.807, 2.05) is 19.2 Å². The van der Waals surface area contributed by atoms with Gasteiger partial charge in [0.2, 0.25) is 0 Å². The summed E-state index contributed by atoms with van der Waals surface area (Å²) < 4.78 is 0. The summed E-state index contributed by atoms with van der Waals surface area (Å²) in [4.78, 5) is 6.70. The fourth-order valence-electron chi connectivity index (χ4n) is 1.72. The van der Waals surface area contributed by atoms with E-state index in [4.69, 9.17) is 5.73 Å². The molecule has 1 heterocycles. The van der Waals surface area contributed by atoms with Gasteiger partial charge in [0.25, 0.3) is 0 Å². The van der Waals surface area contributed by atoms with Crippen LogP contribution in [0, 0.1) is 5.92 Å². The Labute approximate surface area is 98.7 Å². The second kappa shape index (κ2) is 5.85. The first kappa shape index (κ1) is 13.0. The van der Waals surface area contributed by atoms with E-state index < -0.39 is 0 Å². The van der Waals surface area contributed by atoms with Crippen LogP contribution in [-0.4, -0.2) is 18.1 Å². The minimum absolute atomic E-state index is 0.0690. The van der Waals surface area contributed by atoms with Crippen LogP contribution in [0.4, 0.5) is 5.82 Å². The average Bonchev–Trinajstić information content (AvgIpc) is 2.25. The summed E-state index contributed by atoms with van der Waals surface area (Å²) in [6, 6.07) is 4.15. The van der Waals surface area contributed by atoms with Gasteiger partial charge in [-0.25, -0.2) is 4.98 Å². The van der Waals surface area contributed by atoms with Gasteiger partial charge in [0.05, 0.1) is 0 Å². The van der Waals surface area contributed by atoms with Crippen molar-refractivity contribution in [2.45, 2.75) is 33.7 Å². The molecule has 0 fully saturated rings. The Morgan fingerprint density at radius 3 is 2.56 bits per heavy atom. The van der Waals surface area contributed by atoms with Crippen molar-refractivity contribution < 1.29 is 0 Å². The van der Waals surface area contributed by atoms with Crippen LogP contribution < -0.4 is 10.6 Å². The molecule has 90 valence electrons. The van der Waals surface area contributed by atoms with Crippen LogP contribution in [0.25, 0.3) is 0 Å². The lowest BCUT2D eigenvalue weighted by molar-refractivity contribution is 0.614. The molecule has 0 saturated heterocycles. The van der Waals surface area contributed by atoms with Crippen LogP contribution in [0.2, 0.25) is 0 Å². The summed E-state index contributed by atoms with van der Waals surface area (Å²) in [5.74, 6) is 1.67. The molecule has 16 heavy (non-hydrogen) atoms. The number of aromatic nitrogens is 1. The van der Waals surface area contributed by atoms with Crippen molar-refractivity contribution in [3.63, 3.8) is 0 Å². The number of anilines is 1. The molecule has 0 aliphatic heterocycles. The molecule has 1 atom stereocenters. The highest BCUT2D eigenvalue weighted by molar-refractivity contribution is 5.41. The highest BCUT2D eigenvalue weighted by Gasteiger charge is 2.09. The molecule has 1 rings (SSSR count). The number of hydrogen-bond donors (Lipinski definition) is 1. The Kier molecular flexibility index (Phi) is 4.74. The van der Waals surface area contributed by atoms with Gasteiger partial charge < -0.3 is 10.6 Å². The van der Waals surface area contributed by atoms with E-state index in [0.717, 1.165) is 24.5 Å². The molecular formula is C13H23N3. The van der Waals surface area contributed by atoms with Gasteiger partial charge >= 0.3 is 0 Å². The summed E-state index contributed by atoms with van der Waals surface area (Å²) in [6.45, 7) is 10.6. The largest absolute Gasteiger partial charge is 0.357 e. The molecule has 1 aromatic heterocycles. The number of nitrogens with zero attached hydrogens (tertiary/aromatic N) is 2. The van der Waals surface area contributed by atoms with Crippen molar-refractivity contribution >= 4 is 5.82 Å². The Balaban J connectivity index is 2.87. The molecule has 3 heteroatoms. The second-order valence-corrected chi connectivity index (χ2v) is 4.67. The van der Waals surface area contributed by atoms with E-state index in [1.54, 1.807) is 0 Å². The van der Waals surface area contributed by atoms with Gasteiger partial charge in [-0.05, 0) is 37.5 Å². The first-order valence-corrected chi connectivity index (χ1v) is 6.01. The van der Waals surface area contributed by atoms with E-state index >= 15 is 0 Å². The fraction of sp³-hybridized carbons (Fsp3) is 0.615. The molecule has 0 unspecified atom stereocenters. The van der Waals surface area contributed by atoms with Gasteiger partial charge in [0.15, 0.2) is 0 Å². The van der Waals surface area contributed by atoms with E-state index in [0.29, 0.717) is 5.92 Å². The standard InChI is InChI=1S/C13H23N3/c1-5-16(9-10(2)3)13-8-12(11(4)14)6-7-15-13/h6-8,10-11H,5,9,14H2,1-4H3/t11-/m0/s1. The molecule has 0 bridgehead atoms. The summed E-state index contributed by atoms with van der Waals surface area (Å²) in [5.41, 5.74) is 7.02. The average molecular weight is 221 g/mol. The molecule has 0 radical (unpaired) electrons. The minimum Gasteiger partial charge on any atom is -0.357 e. The third kappa shape index (κ3) is 3.49. The number of rotatable bonds is 5. The predicted octanol–water partition coefficient (Wildman–Crippen LogP) is 2.58. The van der Waals surface area contributed by atoms with Crippen LogP contribution >= 0.6 is 0 Å². The highest BCUT2D eigenvalue weighted by Crippen LogP contribution is 2.17. The summed E-state index contributed by atoms with van der Waals surface area (Å²) in [5, 5.41) is 0. The van der Waals surface area contributed by atoms with Crippen LogP contribution in [0.1, 0.15) is 39.3 Å². The minimum atomic E-state index is 0.0690. The zero-order chi connectivity index (χ0) is 12.1. The lowest BCUT2D eigenvalue weighted by Gasteiger charge is -2.24. The maximum absolute atomic E-state index is 5.88. The van der Waals surface area contributed by atoms with Gasteiger partial charge in [0, 0.05) is 25.3 Å². The van der Waals surface area contributed by atoms with Crippen molar-refractivity contribution in [3.8, 4) is 0 Å². The maximum Gasteiger partial charge on any atom is 0.128 e. The number of pyridine rings is 1. The lowest BCUT2D eigenvalue weighted by Crippen LogP contribution is -2.28. The van der Waals surface area contributed by atoms with Gasteiger partial charge in [-0.15, -0.1) is 0 Å². The number of hydrogen-bond acceptors (Lipinski definition) is 3. The van der Waals surface area contributed by atoms with Gasteiger partial charge in [-0.1, -0.05) is 13.8 Å². The molecule has 0 spiro atoms. The third-order valence-corrected chi connectivity index (χ3v) is 2.59. The van der Waals surface area contributed by atoms with Gasteiger partial charge in [-0.2, -0.15) is 0 Å². The molecule has 0 aliphatic carbocycles. The van der Waals surface area contributed by atoms with Crippen molar-refractivity contribution in [2.24, 2.45) is 11.7 Å². The predicted molar refractivity (Wildman–Crippen MR) is 69.6 cm³/mol. The van der Waals surface area contributed by atoms with Crippen molar-refractivity contribution in [1.82, 2.24) is 4.98 Å². The van der Waals surface area contributed by atoms with E-state index in [1.165, 1.54) is 0 Å². The Morgan fingerprint density at radius 1 is 1.38 bits per heavy atom. The van der Waals surface area contributed by atoms with Crippen molar-refractivity contribution in [1.29, 1.82) is 0 Å². The first-order chi connectivity index (χ1) is 7.54. The molecule has 3 nitrogen and oxygen atoms in total. The zero-order valence-corrected chi connectivity index (χ0v) is 10.8. The zero-order valence-electron chi connectivity index (χ0n) is 10.8. The van der Waals surface area contributed by atoms with E-state index in [9.17, 15) is 0 Å². The molecule has 0 aromatic carbocycles. The quantitative estimate of drug-likeness (QED) is 0.831. The fourth-order valence-corrected chi connectivity index (χ4v) is 1.72.